The molecule has 2 aliphatic rings. The van der Waals surface area contributed by atoms with Crippen LogP contribution in [0.1, 0.15) is 20.3 Å². The van der Waals surface area contributed by atoms with Crippen LogP contribution in [0, 0.1) is 0 Å². The molecule has 0 aliphatic carbocycles. The highest BCUT2D eigenvalue weighted by Gasteiger charge is 2.50. The number of hydrogen-bond donors (Lipinski definition) is 6. The Hall–Kier alpha value is -0.400. The van der Waals surface area contributed by atoms with E-state index >= 15 is 0 Å². The maximum Gasteiger partial charge on any atom is 0.187 e. The molecular weight excluding hydrogens is 340 g/mol. The highest BCUT2D eigenvalue weighted by atomic mass is 16.7. The van der Waals surface area contributed by atoms with Gasteiger partial charge >= 0.3 is 0 Å². The van der Waals surface area contributed by atoms with Gasteiger partial charge in [0.2, 0.25) is 0 Å². The van der Waals surface area contributed by atoms with Gasteiger partial charge < -0.3 is 49.6 Å². The molecule has 2 heterocycles. The largest absolute Gasteiger partial charge is 0.394 e. The average Bonchev–Trinajstić information content (AvgIpc) is 2.60. The fraction of sp³-hybridized carbons (Fsp3) is 1.00. The molecule has 2 fully saturated rings. The maximum atomic E-state index is 10.4. The predicted molar refractivity (Wildman–Crippen MR) is 81.2 cm³/mol. The molecule has 0 aromatic heterocycles. The zero-order valence-corrected chi connectivity index (χ0v) is 14.2. The fourth-order valence-corrected chi connectivity index (χ4v) is 2.86. The van der Waals surface area contributed by atoms with Crippen LogP contribution in [0.15, 0.2) is 0 Å². The summed E-state index contributed by atoms with van der Waals surface area (Å²) in [5, 5.41) is 59.4. The Morgan fingerprint density at radius 1 is 0.840 bits per heavy atom. The van der Waals surface area contributed by atoms with Gasteiger partial charge in [-0.15, -0.1) is 0 Å². The van der Waals surface area contributed by atoms with Crippen molar-refractivity contribution in [1.29, 1.82) is 0 Å². The van der Waals surface area contributed by atoms with Crippen LogP contribution < -0.4 is 0 Å². The number of rotatable bonds is 6. The van der Waals surface area contributed by atoms with Crippen molar-refractivity contribution in [3.8, 4) is 0 Å². The molecule has 0 spiro atoms. The van der Waals surface area contributed by atoms with Gasteiger partial charge in [-0.05, 0) is 13.3 Å². The third-order valence-electron chi connectivity index (χ3n) is 4.41. The first kappa shape index (κ1) is 20.9. The van der Waals surface area contributed by atoms with Gasteiger partial charge in [-0.3, -0.25) is 0 Å². The topological polar surface area (TPSA) is 158 Å². The van der Waals surface area contributed by atoms with Crippen LogP contribution in [0.5, 0.6) is 0 Å². The zero-order chi connectivity index (χ0) is 18.7. The Morgan fingerprint density at radius 2 is 1.52 bits per heavy atom. The maximum absolute atomic E-state index is 10.4. The van der Waals surface area contributed by atoms with Gasteiger partial charge in [0.25, 0.3) is 0 Å². The predicted octanol–water partition coefficient (Wildman–Crippen LogP) is -2.94. The SMILES string of the molecule is CCCO[C@@H]1OC(C)[C@H](O)[C@H](O[C@H]2O[C@@H](CO)[C@@H](O)C(O)C2O)C1O. The van der Waals surface area contributed by atoms with Gasteiger partial charge in [0.1, 0.15) is 42.7 Å². The van der Waals surface area contributed by atoms with Crippen LogP contribution in [-0.2, 0) is 18.9 Å². The first-order valence-electron chi connectivity index (χ1n) is 8.41. The van der Waals surface area contributed by atoms with E-state index in [1.54, 1.807) is 6.92 Å². The van der Waals surface area contributed by atoms with Gasteiger partial charge in [0.05, 0.1) is 12.7 Å². The first-order chi connectivity index (χ1) is 11.8. The minimum atomic E-state index is -1.63. The lowest BCUT2D eigenvalue weighted by Crippen LogP contribution is -2.64. The quantitative estimate of drug-likeness (QED) is 0.286. The van der Waals surface area contributed by atoms with Gasteiger partial charge in [-0.25, -0.2) is 0 Å². The Balaban J connectivity index is 2.09. The minimum Gasteiger partial charge on any atom is -0.394 e. The molecule has 6 N–H and O–H groups in total. The van der Waals surface area contributed by atoms with Crippen LogP contribution in [0.3, 0.4) is 0 Å². The molecule has 0 amide bonds. The molecule has 0 aromatic rings. The van der Waals surface area contributed by atoms with Gasteiger partial charge in [-0.1, -0.05) is 6.92 Å². The second kappa shape index (κ2) is 9.00. The van der Waals surface area contributed by atoms with Crippen molar-refractivity contribution in [3.05, 3.63) is 0 Å². The molecule has 0 aromatic carbocycles. The lowest BCUT2D eigenvalue weighted by Gasteiger charge is -2.45. The second-order valence-corrected chi connectivity index (χ2v) is 6.36. The molecule has 25 heavy (non-hydrogen) atoms. The highest BCUT2D eigenvalue weighted by molar-refractivity contribution is 4.93. The summed E-state index contributed by atoms with van der Waals surface area (Å²) in [6.07, 6.45) is -12.3. The van der Waals surface area contributed by atoms with Crippen LogP contribution >= 0.6 is 0 Å². The van der Waals surface area contributed by atoms with Gasteiger partial charge in [0.15, 0.2) is 12.6 Å². The molecule has 4 unspecified atom stereocenters. The van der Waals surface area contributed by atoms with Crippen LogP contribution in [0.4, 0.5) is 0 Å². The van der Waals surface area contributed by atoms with Crippen LogP contribution in [0.25, 0.3) is 0 Å². The first-order valence-corrected chi connectivity index (χ1v) is 8.41. The summed E-state index contributed by atoms with van der Waals surface area (Å²) < 4.78 is 21.5. The van der Waals surface area contributed by atoms with E-state index in [0.29, 0.717) is 13.0 Å². The summed E-state index contributed by atoms with van der Waals surface area (Å²) in [5.41, 5.74) is 0. The van der Waals surface area contributed by atoms with Crippen molar-refractivity contribution in [2.45, 2.75) is 81.7 Å². The third-order valence-corrected chi connectivity index (χ3v) is 4.41. The Labute approximate surface area is 145 Å². The third kappa shape index (κ3) is 4.48. The van der Waals surface area contributed by atoms with Crippen molar-refractivity contribution < 1.29 is 49.6 Å². The lowest BCUT2D eigenvalue weighted by atomic mass is 9.97. The Kier molecular flexibility index (Phi) is 7.52. The molecule has 0 bridgehead atoms. The molecular formula is C15H28O10. The van der Waals surface area contributed by atoms with Crippen LogP contribution in [-0.4, -0.2) is 105 Å². The van der Waals surface area contributed by atoms with Crippen molar-refractivity contribution in [2.75, 3.05) is 13.2 Å². The zero-order valence-electron chi connectivity index (χ0n) is 14.2. The normalized spacial score (nSPS) is 48.5. The molecule has 2 rings (SSSR count). The molecule has 10 nitrogen and oxygen atoms in total. The van der Waals surface area contributed by atoms with Crippen molar-refractivity contribution in [3.63, 3.8) is 0 Å². The molecule has 0 saturated carbocycles. The average molecular weight is 368 g/mol. The highest BCUT2D eigenvalue weighted by Crippen LogP contribution is 2.29. The van der Waals surface area contributed by atoms with Crippen molar-refractivity contribution in [1.82, 2.24) is 0 Å². The number of aliphatic hydroxyl groups excluding tert-OH is 6. The number of hydrogen-bond acceptors (Lipinski definition) is 10. The summed E-state index contributed by atoms with van der Waals surface area (Å²) in [4.78, 5) is 0. The lowest BCUT2D eigenvalue weighted by molar-refractivity contribution is -0.357. The summed E-state index contributed by atoms with van der Waals surface area (Å²) >= 11 is 0. The summed E-state index contributed by atoms with van der Waals surface area (Å²) in [5.74, 6) is 0. The Morgan fingerprint density at radius 3 is 2.12 bits per heavy atom. The van der Waals surface area contributed by atoms with Gasteiger partial charge in [-0.2, -0.15) is 0 Å². The van der Waals surface area contributed by atoms with E-state index < -0.39 is 68.0 Å². The summed E-state index contributed by atoms with van der Waals surface area (Å²) in [7, 11) is 0. The van der Waals surface area contributed by atoms with E-state index in [2.05, 4.69) is 0 Å². The summed E-state index contributed by atoms with van der Waals surface area (Å²) in [6, 6.07) is 0. The molecule has 0 radical (unpaired) electrons. The van der Waals surface area contributed by atoms with Gasteiger partial charge in [0, 0.05) is 6.61 Å². The van der Waals surface area contributed by atoms with E-state index in [-0.39, 0.29) is 0 Å². The van der Waals surface area contributed by atoms with E-state index in [0.717, 1.165) is 0 Å². The van der Waals surface area contributed by atoms with E-state index in [1.807, 2.05) is 6.92 Å². The van der Waals surface area contributed by atoms with E-state index in [9.17, 15) is 30.6 Å². The minimum absolute atomic E-state index is 0.331. The second-order valence-electron chi connectivity index (χ2n) is 6.36. The molecule has 10 atom stereocenters. The standard InChI is InChI=1S/C15H28O10/c1-3-4-22-14-12(21)13(8(17)6(2)23-14)25-15-11(20)10(19)9(18)7(5-16)24-15/h6-21H,3-5H2,1-2H3/t6?,7-,8-,9+,10?,11?,12?,13-,14+,15+/m0/s1. The van der Waals surface area contributed by atoms with E-state index in [4.69, 9.17) is 18.9 Å². The summed E-state index contributed by atoms with van der Waals surface area (Å²) in [6.45, 7) is 3.18. The number of aliphatic hydroxyl groups is 6. The van der Waals surface area contributed by atoms with Crippen molar-refractivity contribution in [2.24, 2.45) is 0 Å². The Bertz CT molecular complexity index is 408. The van der Waals surface area contributed by atoms with E-state index in [1.165, 1.54) is 0 Å². The fourth-order valence-electron chi connectivity index (χ4n) is 2.86. The molecule has 148 valence electrons. The molecule has 2 saturated heterocycles. The molecule has 10 heteroatoms. The smallest absolute Gasteiger partial charge is 0.187 e. The molecule has 2 aliphatic heterocycles. The van der Waals surface area contributed by atoms with Crippen molar-refractivity contribution >= 4 is 0 Å². The van der Waals surface area contributed by atoms with Crippen LogP contribution in [0.2, 0.25) is 0 Å². The number of ether oxygens (including phenoxy) is 4. The monoisotopic (exact) mass is 368 g/mol.